The number of aliphatic hydroxyl groups is 1. The van der Waals surface area contributed by atoms with Gasteiger partial charge in [0.1, 0.15) is 5.75 Å². The molecule has 2 aromatic rings. The molecule has 146 valence electrons. The largest absolute Gasteiger partial charge is 0.493 e. The normalized spacial score (nSPS) is 19.7. The number of hydrogen-bond acceptors (Lipinski definition) is 3. The summed E-state index contributed by atoms with van der Waals surface area (Å²) in [7, 11) is 0. The van der Waals surface area contributed by atoms with Crippen molar-refractivity contribution in [2.24, 2.45) is 0 Å². The lowest BCUT2D eigenvalue weighted by molar-refractivity contribution is -0.137. The fraction of sp³-hybridized carbons (Fsp3) is 0.286. The van der Waals surface area contributed by atoms with Gasteiger partial charge in [0.2, 0.25) is 5.91 Å². The maximum atomic E-state index is 12.9. The molecule has 4 rings (SSSR count). The Labute approximate surface area is 159 Å². The number of benzene rings is 2. The highest BCUT2D eigenvalue weighted by Crippen LogP contribution is 2.38. The predicted octanol–water partition coefficient (Wildman–Crippen LogP) is 4.49. The molecule has 1 aliphatic heterocycles. The summed E-state index contributed by atoms with van der Waals surface area (Å²) in [4.78, 5) is 12.4. The number of amides is 1. The average molecular weight is 389 g/mol. The zero-order valence-electron chi connectivity index (χ0n) is 14.8. The van der Waals surface area contributed by atoms with Gasteiger partial charge in [0.15, 0.2) is 0 Å². The van der Waals surface area contributed by atoms with E-state index in [-0.39, 0.29) is 18.3 Å². The number of hydrogen-bond donors (Lipinski definition) is 2. The zero-order chi connectivity index (χ0) is 19.9. The van der Waals surface area contributed by atoms with Crippen LogP contribution in [0, 0.1) is 0 Å². The van der Waals surface area contributed by atoms with Gasteiger partial charge in [-0.3, -0.25) is 4.79 Å². The first-order valence-electron chi connectivity index (χ1n) is 8.98. The van der Waals surface area contributed by atoms with E-state index < -0.39 is 17.8 Å². The van der Waals surface area contributed by atoms with Crippen molar-refractivity contribution in [1.82, 2.24) is 0 Å². The number of alkyl halides is 3. The molecule has 0 aromatic heterocycles. The van der Waals surface area contributed by atoms with E-state index in [4.69, 9.17) is 4.74 Å². The molecule has 0 saturated carbocycles. The van der Waals surface area contributed by atoms with Gasteiger partial charge < -0.3 is 15.2 Å². The van der Waals surface area contributed by atoms with Crippen LogP contribution in [-0.2, 0) is 17.4 Å². The summed E-state index contributed by atoms with van der Waals surface area (Å²) in [6, 6.07) is 8.71. The van der Waals surface area contributed by atoms with Crippen molar-refractivity contribution in [2.45, 2.75) is 31.5 Å². The second kappa shape index (κ2) is 6.98. The van der Waals surface area contributed by atoms with E-state index in [2.05, 4.69) is 5.32 Å². The molecule has 1 unspecified atom stereocenters. The van der Waals surface area contributed by atoms with Crippen LogP contribution in [0.15, 0.2) is 42.5 Å². The van der Waals surface area contributed by atoms with E-state index in [0.29, 0.717) is 29.7 Å². The molecule has 2 aliphatic rings. The lowest BCUT2D eigenvalue weighted by Crippen LogP contribution is -2.14. The first-order valence-corrected chi connectivity index (χ1v) is 8.98. The van der Waals surface area contributed by atoms with E-state index >= 15 is 0 Å². The molecule has 0 bridgehead atoms. The Balaban J connectivity index is 1.55. The van der Waals surface area contributed by atoms with Gasteiger partial charge in [0, 0.05) is 23.7 Å². The molecule has 1 atom stereocenters. The summed E-state index contributed by atoms with van der Waals surface area (Å²) in [5.74, 6) is -0.254. The smallest absolute Gasteiger partial charge is 0.416 e. The number of ether oxygens (including phenoxy) is 1. The molecule has 1 aliphatic carbocycles. The van der Waals surface area contributed by atoms with Crippen LogP contribution < -0.4 is 10.1 Å². The Morgan fingerprint density at radius 2 is 2.00 bits per heavy atom. The van der Waals surface area contributed by atoms with E-state index in [1.165, 1.54) is 12.1 Å². The number of aliphatic hydroxyl groups excluding tert-OH is 1. The molecule has 28 heavy (non-hydrogen) atoms. The molecule has 4 nitrogen and oxygen atoms in total. The monoisotopic (exact) mass is 389 g/mol. The third-order valence-electron chi connectivity index (χ3n) is 5.05. The second-order valence-corrected chi connectivity index (χ2v) is 6.93. The number of anilines is 1. The van der Waals surface area contributed by atoms with Gasteiger partial charge in [0.25, 0.3) is 0 Å². The van der Waals surface area contributed by atoms with Crippen LogP contribution in [0.25, 0.3) is 5.57 Å². The summed E-state index contributed by atoms with van der Waals surface area (Å²) < 4.78 is 44.0. The Kier molecular flexibility index (Phi) is 4.63. The minimum absolute atomic E-state index is 0.126. The highest BCUT2D eigenvalue weighted by atomic mass is 19.4. The number of halogens is 3. The minimum atomic E-state index is -4.45. The van der Waals surface area contributed by atoms with E-state index in [9.17, 15) is 23.1 Å². The molecule has 1 amide bonds. The minimum Gasteiger partial charge on any atom is -0.493 e. The molecule has 0 fully saturated rings. The van der Waals surface area contributed by atoms with Crippen molar-refractivity contribution in [3.8, 4) is 5.75 Å². The second-order valence-electron chi connectivity index (χ2n) is 6.93. The summed E-state index contributed by atoms with van der Waals surface area (Å²) in [6.07, 6.45) is -1.67. The van der Waals surface area contributed by atoms with Crippen molar-refractivity contribution < 1.29 is 27.8 Å². The Morgan fingerprint density at radius 3 is 2.79 bits per heavy atom. The summed E-state index contributed by atoms with van der Waals surface area (Å²) in [5.41, 5.74) is 2.78. The molecule has 1 heterocycles. The van der Waals surface area contributed by atoms with Crippen LogP contribution in [0.3, 0.4) is 0 Å². The van der Waals surface area contributed by atoms with E-state index in [1.807, 2.05) is 6.07 Å². The van der Waals surface area contributed by atoms with E-state index in [1.54, 1.807) is 12.1 Å². The van der Waals surface area contributed by atoms with Crippen LogP contribution in [0.4, 0.5) is 18.9 Å². The number of fused-ring (bicyclic) bond motifs is 2. The molecule has 2 aromatic carbocycles. The van der Waals surface area contributed by atoms with E-state index in [0.717, 1.165) is 29.7 Å². The topological polar surface area (TPSA) is 58.6 Å². The maximum Gasteiger partial charge on any atom is 0.416 e. The molecule has 2 N–H and O–H groups in total. The third kappa shape index (κ3) is 3.62. The highest BCUT2D eigenvalue weighted by Gasteiger charge is 2.32. The highest BCUT2D eigenvalue weighted by molar-refractivity contribution is 6.04. The van der Waals surface area contributed by atoms with Crippen molar-refractivity contribution in [3.63, 3.8) is 0 Å². The molecular formula is C21H18F3NO3. The van der Waals surface area contributed by atoms with Gasteiger partial charge >= 0.3 is 6.18 Å². The lowest BCUT2D eigenvalue weighted by Gasteiger charge is -2.21. The third-order valence-corrected chi connectivity index (χ3v) is 5.05. The number of nitrogens with one attached hydrogen (secondary N) is 1. The Morgan fingerprint density at radius 1 is 1.18 bits per heavy atom. The van der Waals surface area contributed by atoms with Gasteiger partial charge in [-0.1, -0.05) is 12.1 Å². The van der Waals surface area contributed by atoms with Crippen molar-refractivity contribution in [3.05, 3.63) is 64.7 Å². The molecule has 7 heteroatoms. The predicted molar refractivity (Wildman–Crippen MR) is 97.9 cm³/mol. The molecule has 0 saturated heterocycles. The Bertz CT molecular complexity index is 966. The van der Waals surface area contributed by atoms with Crippen LogP contribution >= 0.6 is 0 Å². The quantitative estimate of drug-likeness (QED) is 0.744. The number of aryl methyl sites for hydroxylation is 1. The Hall–Kier alpha value is -2.80. The SMILES string of the molecule is O=C(/C=C1\CCOc2cc(C(F)(F)F)ccc21)Nc1ccc2c(c1)C(O)CC2. The number of carbonyl (C=O) groups is 1. The lowest BCUT2D eigenvalue weighted by atomic mass is 9.97. The fourth-order valence-electron chi connectivity index (χ4n) is 3.63. The van der Waals surface area contributed by atoms with Gasteiger partial charge in [-0.2, -0.15) is 13.2 Å². The van der Waals surface area contributed by atoms with Crippen LogP contribution in [-0.4, -0.2) is 17.6 Å². The maximum absolute atomic E-state index is 12.9. The first-order chi connectivity index (χ1) is 13.3. The van der Waals surface area contributed by atoms with Gasteiger partial charge in [-0.15, -0.1) is 0 Å². The summed E-state index contributed by atoms with van der Waals surface area (Å²) in [6.45, 7) is 0.207. The summed E-state index contributed by atoms with van der Waals surface area (Å²) in [5, 5.41) is 12.7. The van der Waals surface area contributed by atoms with Gasteiger partial charge in [-0.25, -0.2) is 0 Å². The number of rotatable bonds is 2. The van der Waals surface area contributed by atoms with Crippen LogP contribution in [0.2, 0.25) is 0 Å². The molecular weight excluding hydrogens is 371 g/mol. The van der Waals surface area contributed by atoms with Crippen molar-refractivity contribution >= 4 is 17.2 Å². The molecule has 0 spiro atoms. The van der Waals surface area contributed by atoms with Crippen molar-refractivity contribution in [1.29, 1.82) is 0 Å². The summed E-state index contributed by atoms with van der Waals surface area (Å²) >= 11 is 0. The van der Waals surface area contributed by atoms with Crippen molar-refractivity contribution in [2.75, 3.05) is 11.9 Å². The van der Waals surface area contributed by atoms with Gasteiger partial charge in [-0.05, 0) is 53.8 Å². The zero-order valence-corrected chi connectivity index (χ0v) is 14.8. The fourth-order valence-corrected chi connectivity index (χ4v) is 3.63. The van der Waals surface area contributed by atoms with Gasteiger partial charge in [0.05, 0.1) is 18.3 Å². The van der Waals surface area contributed by atoms with Crippen LogP contribution in [0.5, 0.6) is 5.75 Å². The molecule has 0 radical (unpaired) electrons. The number of carbonyl (C=O) groups excluding carboxylic acids is 1. The standard InChI is InChI=1S/C21H18F3NO3/c22-21(23,24)14-3-5-16-13(7-8-28-19(16)10-14)9-20(27)25-15-4-1-12-2-6-18(26)17(12)11-15/h1,3-5,9-11,18,26H,2,6-8H2,(H,25,27)/b13-9+. The van der Waals surface area contributed by atoms with Crippen LogP contribution in [0.1, 0.15) is 41.2 Å². The first kappa shape index (κ1) is 18.6. The average Bonchev–Trinajstić information content (AvgIpc) is 3.01.